The fourth-order valence-electron chi connectivity index (χ4n) is 3.32. The van der Waals surface area contributed by atoms with E-state index in [0.29, 0.717) is 24.3 Å². The number of thioether (sulfide) groups is 1. The third-order valence-corrected chi connectivity index (χ3v) is 5.78. The van der Waals surface area contributed by atoms with Crippen LogP contribution in [0.1, 0.15) is 27.9 Å². The number of nitrogens with zero attached hydrogens (tertiary/aromatic N) is 1. The number of carbonyl (C=O) groups excluding carboxylic acids is 2. The van der Waals surface area contributed by atoms with Crippen LogP contribution in [0.25, 0.3) is 11.1 Å². The molecular formula is C25H26N3NaO3S. The largest absolute Gasteiger partial charge is 1.00 e. The fraction of sp³-hybridized carbons (Fsp3) is 0.240. The summed E-state index contributed by atoms with van der Waals surface area (Å²) in [4.78, 5) is 28.7. The summed E-state index contributed by atoms with van der Waals surface area (Å²) < 4.78 is 0. The number of aliphatic carboxylic acids is 1. The maximum Gasteiger partial charge on any atom is 1.00 e. The molecule has 1 aromatic heterocycles. The van der Waals surface area contributed by atoms with Crippen LogP contribution in [0.3, 0.4) is 0 Å². The molecule has 1 heterocycles. The van der Waals surface area contributed by atoms with Crippen molar-refractivity contribution in [3.8, 4) is 11.1 Å². The van der Waals surface area contributed by atoms with E-state index in [-0.39, 0.29) is 29.6 Å². The van der Waals surface area contributed by atoms with Gasteiger partial charge in [-0.05, 0) is 65.8 Å². The summed E-state index contributed by atoms with van der Waals surface area (Å²) in [5.41, 5.74) is 5.08. The number of aromatic nitrogens is 1. The summed E-state index contributed by atoms with van der Waals surface area (Å²) in [6, 6.07) is 16.1. The summed E-state index contributed by atoms with van der Waals surface area (Å²) in [5, 5.41) is 17.5. The summed E-state index contributed by atoms with van der Waals surface area (Å²) in [5.74, 6) is -1.09. The normalized spacial score (nSPS) is 11.2. The maximum absolute atomic E-state index is 13.0. The van der Waals surface area contributed by atoms with E-state index < -0.39 is 17.9 Å². The van der Waals surface area contributed by atoms with Gasteiger partial charge in [0.05, 0.1) is 23.9 Å². The van der Waals surface area contributed by atoms with E-state index in [9.17, 15) is 14.7 Å². The Hall–Kier alpha value is -2.32. The van der Waals surface area contributed by atoms with Crippen molar-refractivity contribution in [2.75, 3.05) is 17.3 Å². The van der Waals surface area contributed by atoms with Crippen LogP contribution < -0.4 is 45.3 Å². The van der Waals surface area contributed by atoms with Crippen LogP contribution >= 0.6 is 11.8 Å². The van der Waals surface area contributed by atoms with Gasteiger partial charge in [0.25, 0.3) is 5.91 Å². The quantitative estimate of drug-likeness (QED) is 0.413. The van der Waals surface area contributed by atoms with Crippen molar-refractivity contribution in [1.29, 1.82) is 0 Å². The average molecular weight is 472 g/mol. The predicted molar refractivity (Wildman–Crippen MR) is 127 cm³/mol. The first kappa shape index (κ1) is 26.9. The molecule has 2 N–H and O–H groups in total. The Morgan fingerprint density at radius 3 is 2.55 bits per heavy atom. The smallest absolute Gasteiger partial charge is 0.548 e. The van der Waals surface area contributed by atoms with Crippen LogP contribution in [0.2, 0.25) is 0 Å². The van der Waals surface area contributed by atoms with Gasteiger partial charge in [0.15, 0.2) is 0 Å². The molecule has 33 heavy (non-hydrogen) atoms. The third kappa shape index (κ3) is 7.61. The maximum atomic E-state index is 13.0. The van der Waals surface area contributed by atoms with Crippen LogP contribution in [-0.4, -0.2) is 34.9 Å². The summed E-state index contributed by atoms with van der Waals surface area (Å²) in [6.07, 6.45) is 5.73. The SMILES string of the molecule is CSCC[C@H](NC(=O)c1ccc(CNc2cnccc2C)cc1-c1ccccc1)C(=O)[O-].[Na+]. The van der Waals surface area contributed by atoms with E-state index in [1.807, 2.05) is 61.7 Å². The standard InChI is InChI=1S/C25H27N3O3S.Na/c1-17-10-12-26-16-23(17)27-15-18-8-9-20(21(14-18)19-6-4-3-5-7-19)24(29)28-22(25(30)31)11-13-32-2;/h3-10,12,14,16,22,27H,11,13,15H2,1-2H3,(H,28,29)(H,30,31);/q;+1/p-1/t22-;/m0./s1. The first-order valence-corrected chi connectivity index (χ1v) is 11.7. The number of hydrogen-bond acceptors (Lipinski definition) is 6. The molecule has 0 aliphatic carbocycles. The van der Waals surface area contributed by atoms with E-state index in [2.05, 4.69) is 15.6 Å². The Morgan fingerprint density at radius 1 is 1.12 bits per heavy atom. The zero-order valence-corrected chi connectivity index (χ0v) is 21.9. The molecule has 0 spiro atoms. The number of pyridine rings is 1. The Morgan fingerprint density at radius 2 is 1.88 bits per heavy atom. The molecule has 1 atom stereocenters. The molecule has 0 bridgehead atoms. The van der Waals surface area contributed by atoms with Crippen molar-refractivity contribution >= 4 is 29.3 Å². The van der Waals surface area contributed by atoms with Gasteiger partial charge in [-0.25, -0.2) is 0 Å². The molecule has 0 unspecified atom stereocenters. The Labute approximate surface area is 220 Å². The van der Waals surface area contributed by atoms with Crippen molar-refractivity contribution in [2.24, 2.45) is 0 Å². The number of carboxylic acids is 1. The Kier molecular flexibility index (Phi) is 10.9. The van der Waals surface area contributed by atoms with Crippen molar-refractivity contribution in [2.45, 2.75) is 25.9 Å². The first-order chi connectivity index (χ1) is 15.5. The number of carboxylic acid groups (broad SMARTS) is 1. The number of benzene rings is 2. The van der Waals surface area contributed by atoms with Gasteiger partial charge in [-0.1, -0.05) is 36.4 Å². The van der Waals surface area contributed by atoms with Gasteiger partial charge in [0.2, 0.25) is 0 Å². The molecular weight excluding hydrogens is 445 g/mol. The van der Waals surface area contributed by atoms with Crippen molar-refractivity contribution < 1.29 is 44.3 Å². The van der Waals surface area contributed by atoms with Crippen LogP contribution in [0.15, 0.2) is 67.0 Å². The molecule has 0 aliphatic rings. The van der Waals surface area contributed by atoms with Gasteiger partial charge in [-0.3, -0.25) is 9.78 Å². The molecule has 3 rings (SSSR count). The van der Waals surface area contributed by atoms with Gasteiger partial charge in [0, 0.05) is 18.3 Å². The fourth-order valence-corrected chi connectivity index (χ4v) is 3.79. The molecule has 8 heteroatoms. The molecule has 1 amide bonds. The first-order valence-electron chi connectivity index (χ1n) is 10.3. The van der Waals surface area contributed by atoms with E-state index >= 15 is 0 Å². The number of aryl methyl sites for hydroxylation is 1. The minimum atomic E-state index is -1.28. The van der Waals surface area contributed by atoms with Crippen molar-refractivity contribution in [3.63, 3.8) is 0 Å². The van der Waals surface area contributed by atoms with E-state index in [0.717, 1.165) is 27.9 Å². The summed E-state index contributed by atoms with van der Waals surface area (Å²) in [7, 11) is 0. The minimum Gasteiger partial charge on any atom is -0.548 e. The number of hydrogen-bond donors (Lipinski definition) is 2. The molecule has 0 aliphatic heterocycles. The van der Waals surface area contributed by atoms with E-state index in [1.54, 1.807) is 18.5 Å². The van der Waals surface area contributed by atoms with Gasteiger partial charge in [-0.15, -0.1) is 0 Å². The van der Waals surface area contributed by atoms with Gasteiger partial charge >= 0.3 is 29.6 Å². The molecule has 0 saturated carbocycles. The van der Waals surface area contributed by atoms with E-state index in [4.69, 9.17) is 0 Å². The van der Waals surface area contributed by atoms with Crippen molar-refractivity contribution in [1.82, 2.24) is 10.3 Å². The number of amides is 1. The van der Waals surface area contributed by atoms with Gasteiger partial charge in [0.1, 0.15) is 0 Å². The second-order valence-corrected chi connectivity index (χ2v) is 8.40. The molecule has 6 nitrogen and oxygen atoms in total. The zero-order chi connectivity index (χ0) is 22.9. The van der Waals surface area contributed by atoms with Gasteiger partial charge < -0.3 is 20.5 Å². The molecule has 0 saturated heterocycles. The van der Waals surface area contributed by atoms with Crippen LogP contribution in [0.5, 0.6) is 0 Å². The number of carbonyl (C=O) groups is 2. The van der Waals surface area contributed by atoms with Crippen LogP contribution in [-0.2, 0) is 11.3 Å². The molecule has 0 fully saturated rings. The molecule has 166 valence electrons. The number of rotatable bonds is 10. The van der Waals surface area contributed by atoms with Crippen LogP contribution in [0.4, 0.5) is 5.69 Å². The number of nitrogens with one attached hydrogen (secondary N) is 2. The molecule has 3 aromatic rings. The number of anilines is 1. The van der Waals surface area contributed by atoms with Crippen molar-refractivity contribution in [3.05, 3.63) is 83.7 Å². The monoisotopic (exact) mass is 471 g/mol. The second-order valence-electron chi connectivity index (χ2n) is 7.42. The van der Waals surface area contributed by atoms with Crippen LogP contribution in [0, 0.1) is 6.92 Å². The molecule has 2 aromatic carbocycles. The van der Waals surface area contributed by atoms with E-state index in [1.165, 1.54) is 11.8 Å². The summed E-state index contributed by atoms with van der Waals surface area (Å²) in [6.45, 7) is 2.57. The topological polar surface area (TPSA) is 94.2 Å². The Bertz CT molecular complexity index is 1080. The molecule has 0 radical (unpaired) electrons. The summed E-state index contributed by atoms with van der Waals surface area (Å²) >= 11 is 1.52. The average Bonchev–Trinajstić information content (AvgIpc) is 2.81. The second kappa shape index (κ2) is 13.4. The third-order valence-electron chi connectivity index (χ3n) is 5.14. The zero-order valence-electron chi connectivity index (χ0n) is 19.1. The van der Waals surface area contributed by atoms with Gasteiger partial charge in [-0.2, -0.15) is 11.8 Å². The predicted octanol–water partition coefficient (Wildman–Crippen LogP) is 0.275. The minimum absolute atomic E-state index is 0. The Balaban J connectivity index is 0.00000385.